The van der Waals surface area contributed by atoms with Gasteiger partial charge in [0.1, 0.15) is 11.3 Å². The minimum absolute atomic E-state index is 0.249. The quantitative estimate of drug-likeness (QED) is 0.159. The monoisotopic (exact) mass is 590 g/mol. The lowest BCUT2D eigenvalue weighted by Gasteiger charge is -2.19. The van der Waals surface area contributed by atoms with Gasteiger partial charge in [-0.25, -0.2) is 9.97 Å². The van der Waals surface area contributed by atoms with Crippen LogP contribution in [-0.4, -0.2) is 18.8 Å². The third-order valence-corrected chi connectivity index (χ3v) is 10.3. The Labute approximate surface area is 253 Å². The molecule has 0 N–H and O–H groups in total. The van der Waals surface area contributed by atoms with Gasteiger partial charge < -0.3 is 0 Å². The standard InChI is InChI=1S/C38H14N4O4/c43-33-15-9-11-17-27-21(37(45)41-25-7-3-1-5-23(25)39-35(17)41)13-19-31(29(15)27)32-20(33)14-22-28-18(12-10-16(30(28)32)34(19)44)36-40-24-6-2-4-8-26(24)42(36)38(22)46/h1-14H. The van der Waals surface area contributed by atoms with Crippen LogP contribution in [0.3, 0.4) is 0 Å². The van der Waals surface area contributed by atoms with Crippen LogP contribution in [0.4, 0.5) is 0 Å². The number of benzene rings is 8. The second-order valence-corrected chi connectivity index (χ2v) is 12.3. The van der Waals surface area contributed by atoms with Crippen molar-refractivity contribution in [2.24, 2.45) is 0 Å². The van der Waals surface area contributed by atoms with Crippen LogP contribution in [0.1, 0.15) is 0 Å². The number of rotatable bonds is 0. The molecule has 0 saturated carbocycles. The fourth-order valence-corrected chi connectivity index (χ4v) is 8.45. The molecule has 0 aliphatic rings. The Morgan fingerprint density at radius 1 is 0.391 bits per heavy atom. The molecule has 12 rings (SSSR count). The molecule has 12 aromatic rings. The molecule has 0 spiro atoms. The minimum Gasteiger partial charge on any atom is -0.289 e. The third-order valence-electron chi connectivity index (χ3n) is 10.3. The van der Waals surface area contributed by atoms with Gasteiger partial charge in [-0.2, -0.15) is 0 Å². The van der Waals surface area contributed by atoms with Gasteiger partial charge in [0.05, 0.1) is 22.1 Å². The smallest absolute Gasteiger partial charge is 0.264 e. The van der Waals surface area contributed by atoms with Crippen LogP contribution in [0.2, 0.25) is 0 Å². The van der Waals surface area contributed by atoms with Crippen LogP contribution in [0, 0.1) is 0 Å². The van der Waals surface area contributed by atoms with Gasteiger partial charge in [0, 0.05) is 75.4 Å². The molecule has 8 heteroatoms. The van der Waals surface area contributed by atoms with Gasteiger partial charge in [0.15, 0.2) is 10.9 Å². The number of pyridine rings is 2. The van der Waals surface area contributed by atoms with E-state index in [4.69, 9.17) is 9.97 Å². The molecule has 0 bridgehead atoms. The Kier molecular flexibility index (Phi) is 3.52. The molecular weight excluding hydrogens is 576 g/mol. The highest BCUT2D eigenvalue weighted by Crippen LogP contribution is 2.45. The minimum atomic E-state index is -0.289. The highest BCUT2D eigenvalue weighted by molar-refractivity contribution is 6.43. The second-order valence-electron chi connectivity index (χ2n) is 12.3. The van der Waals surface area contributed by atoms with E-state index in [-0.39, 0.29) is 22.0 Å². The Morgan fingerprint density at radius 2 is 0.783 bits per heavy atom. The Morgan fingerprint density at radius 3 is 1.24 bits per heavy atom. The fourth-order valence-electron chi connectivity index (χ4n) is 8.45. The summed E-state index contributed by atoms with van der Waals surface area (Å²) >= 11 is 0. The largest absolute Gasteiger partial charge is 0.289 e. The summed E-state index contributed by atoms with van der Waals surface area (Å²) in [7, 11) is 0. The Hall–Kier alpha value is -6.54. The van der Waals surface area contributed by atoms with Gasteiger partial charge in [-0.3, -0.25) is 28.0 Å². The van der Waals surface area contributed by atoms with Crippen LogP contribution in [0.25, 0.3) is 109 Å². The number of aromatic nitrogens is 4. The molecule has 0 aliphatic heterocycles. The van der Waals surface area contributed by atoms with Crippen LogP contribution < -0.4 is 22.0 Å². The van der Waals surface area contributed by atoms with E-state index in [2.05, 4.69) is 0 Å². The SMILES string of the molecule is O=c1c2ccc3c4c(cc5c(=O)c6ccc7c8c(cc1c(c68)c5c24)c(=O)n1c2ccccc2nc71)c(=O)n1c2ccccc2nc31. The highest BCUT2D eigenvalue weighted by atomic mass is 16.1. The van der Waals surface area contributed by atoms with Crippen LogP contribution in [-0.2, 0) is 0 Å². The molecular formula is C38H14N4O4. The van der Waals surface area contributed by atoms with Crippen LogP contribution >= 0.6 is 0 Å². The third kappa shape index (κ3) is 2.23. The number of hydrogen-bond acceptors (Lipinski definition) is 6. The lowest BCUT2D eigenvalue weighted by molar-refractivity contribution is 1.19. The zero-order valence-electron chi connectivity index (χ0n) is 23.5. The maximum absolute atomic E-state index is 14.5. The van der Waals surface area contributed by atoms with E-state index in [0.29, 0.717) is 98.0 Å². The molecule has 4 heterocycles. The molecule has 0 atom stereocenters. The van der Waals surface area contributed by atoms with Crippen molar-refractivity contribution in [3.8, 4) is 0 Å². The number of para-hydroxylation sites is 4. The Balaban J connectivity index is 1.43. The molecule has 0 unspecified atom stereocenters. The van der Waals surface area contributed by atoms with Crippen LogP contribution in [0.5, 0.6) is 0 Å². The van der Waals surface area contributed by atoms with Crippen molar-refractivity contribution < 1.29 is 0 Å². The first-order chi connectivity index (χ1) is 22.5. The predicted molar refractivity (Wildman–Crippen MR) is 183 cm³/mol. The van der Waals surface area contributed by atoms with Crippen molar-refractivity contribution in [3.05, 3.63) is 126 Å². The average Bonchev–Trinajstić information content (AvgIpc) is 3.67. The molecule has 0 radical (unpaired) electrons. The van der Waals surface area contributed by atoms with E-state index in [9.17, 15) is 19.2 Å². The summed E-state index contributed by atoms with van der Waals surface area (Å²) in [6.07, 6.45) is 0. The maximum atomic E-state index is 14.5. The number of imidazole rings is 2. The average molecular weight is 591 g/mol. The Bertz CT molecular complexity index is 3380. The van der Waals surface area contributed by atoms with Gasteiger partial charge >= 0.3 is 0 Å². The summed E-state index contributed by atoms with van der Waals surface area (Å²) in [5.41, 5.74) is 2.67. The molecule has 0 aliphatic carbocycles. The van der Waals surface area contributed by atoms with Gasteiger partial charge in [-0.05, 0) is 60.7 Å². The molecule has 8 aromatic carbocycles. The predicted octanol–water partition coefficient (Wildman–Crippen LogP) is 5.99. The summed E-state index contributed by atoms with van der Waals surface area (Å²) in [4.78, 5) is 67.2. The topological polar surface area (TPSA) is 103 Å². The van der Waals surface area contributed by atoms with Gasteiger partial charge in [-0.15, -0.1) is 0 Å². The number of fused-ring (bicyclic) bond motifs is 8. The lowest BCUT2D eigenvalue weighted by atomic mass is 9.83. The van der Waals surface area contributed by atoms with E-state index >= 15 is 0 Å². The highest BCUT2D eigenvalue weighted by Gasteiger charge is 2.28. The van der Waals surface area contributed by atoms with Crippen molar-refractivity contribution in [1.82, 2.24) is 18.8 Å². The maximum Gasteiger partial charge on any atom is 0.264 e. The van der Waals surface area contributed by atoms with Gasteiger partial charge in [0.25, 0.3) is 11.1 Å². The summed E-state index contributed by atoms with van der Waals surface area (Å²) in [5, 5.41) is 7.43. The van der Waals surface area contributed by atoms with Gasteiger partial charge in [0.2, 0.25) is 0 Å². The van der Waals surface area contributed by atoms with Crippen molar-refractivity contribution in [2.75, 3.05) is 0 Å². The lowest BCUT2D eigenvalue weighted by Crippen LogP contribution is -2.18. The van der Waals surface area contributed by atoms with E-state index in [0.717, 1.165) is 10.8 Å². The normalized spacial score (nSPS) is 13.1. The van der Waals surface area contributed by atoms with Crippen molar-refractivity contribution in [1.29, 1.82) is 0 Å². The summed E-state index contributed by atoms with van der Waals surface area (Å²) in [5.74, 6) is 0. The van der Waals surface area contributed by atoms with Crippen molar-refractivity contribution in [2.45, 2.75) is 0 Å². The first kappa shape index (κ1) is 22.9. The first-order valence-electron chi connectivity index (χ1n) is 14.9. The fraction of sp³-hybridized carbons (Fsp3) is 0. The zero-order chi connectivity index (χ0) is 30.3. The molecule has 210 valence electrons. The molecule has 0 amide bonds. The molecule has 0 saturated heterocycles. The van der Waals surface area contributed by atoms with E-state index in [1.54, 1.807) is 33.1 Å². The molecule has 46 heavy (non-hydrogen) atoms. The van der Waals surface area contributed by atoms with Crippen molar-refractivity contribution in [3.63, 3.8) is 0 Å². The number of nitrogens with zero attached hydrogens (tertiary/aromatic N) is 4. The summed E-state index contributed by atoms with van der Waals surface area (Å²) < 4.78 is 3.20. The summed E-state index contributed by atoms with van der Waals surface area (Å²) in [6.45, 7) is 0. The molecule has 8 nitrogen and oxygen atoms in total. The second kappa shape index (κ2) is 7.06. The van der Waals surface area contributed by atoms with Crippen LogP contribution in [0.15, 0.2) is 104 Å². The van der Waals surface area contributed by atoms with E-state index in [1.807, 2.05) is 60.7 Å². The molecule has 0 fully saturated rings. The van der Waals surface area contributed by atoms with Gasteiger partial charge in [-0.1, -0.05) is 24.3 Å². The first-order valence-corrected chi connectivity index (χ1v) is 14.9. The van der Waals surface area contributed by atoms with E-state index in [1.165, 1.54) is 0 Å². The number of hydrogen-bond donors (Lipinski definition) is 0. The summed E-state index contributed by atoms with van der Waals surface area (Å²) in [6, 6.07) is 25.5. The zero-order valence-corrected chi connectivity index (χ0v) is 23.5. The van der Waals surface area contributed by atoms with Crippen molar-refractivity contribution >= 4 is 109 Å². The molecule has 4 aromatic heterocycles. The van der Waals surface area contributed by atoms with E-state index < -0.39 is 0 Å².